The molecule has 0 aromatic rings. The summed E-state index contributed by atoms with van der Waals surface area (Å²) in [7, 11) is 0. The molecule has 0 spiro atoms. The highest BCUT2D eigenvalue weighted by Crippen LogP contribution is 2.40. The van der Waals surface area contributed by atoms with Crippen LogP contribution in [0.25, 0.3) is 0 Å². The van der Waals surface area contributed by atoms with E-state index in [2.05, 4.69) is 61.5 Å². The Bertz CT molecular complexity index is 315. The van der Waals surface area contributed by atoms with E-state index in [-0.39, 0.29) is 0 Å². The lowest BCUT2D eigenvalue weighted by Gasteiger charge is -2.36. The second kappa shape index (κ2) is 8.44. The fourth-order valence-electron chi connectivity index (χ4n) is 4.02. The first-order chi connectivity index (χ1) is 9.73. The maximum absolute atomic E-state index is 2.52. The minimum Gasteiger partial charge on any atom is -0.0853 e. The fourth-order valence-corrected chi connectivity index (χ4v) is 4.02. The molecule has 0 N–H and O–H groups in total. The predicted octanol–water partition coefficient (Wildman–Crippen LogP) is 6.96. The van der Waals surface area contributed by atoms with Crippen LogP contribution >= 0.6 is 0 Å². The lowest BCUT2D eigenvalue weighted by Crippen LogP contribution is -2.33. The predicted molar refractivity (Wildman–Crippen MR) is 99.3 cm³/mol. The molecule has 0 nitrogen and oxygen atoms in total. The maximum Gasteiger partial charge on any atom is 0.146 e. The SMILES string of the molecule is CC1=CC[C@@H](C(C)CB(C(C)C(C)C)C(C)C(C)C)CC1. The van der Waals surface area contributed by atoms with Crippen LogP contribution in [0.3, 0.4) is 0 Å². The van der Waals surface area contributed by atoms with Crippen molar-refractivity contribution < 1.29 is 0 Å². The Kier molecular flexibility index (Phi) is 7.58. The monoisotopic (exact) mass is 290 g/mol. The van der Waals surface area contributed by atoms with Gasteiger partial charge in [0.15, 0.2) is 0 Å². The van der Waals surface area contributed by atoms with Gasteiger partial charge in [-0.2, -0.15) is 0 Å². The highest BCUT2D eigenvalue weighted by molar-refractivity contribution is 6.62. The number of hydrogen-bond acceptors (Lipinski definition) is 0. The molecule has 1 rings (SSSR count). The zero-order valence-electron chi connectivity index (χ0n) is 15.9. The summed E-state index contributed by atoms with van der Waals surface area (Å²) >= 11 is 0. The van der Waals surface area contributed by atoms with Crippen LogP contribution in [0.1, 0.15) is 74.7 Å². The normalized spacial score (nSPS) is 23.9. The standard InChI is InChI=1S/C20H39B/c1-14(2)18(7)21(19(8)15(3)4)13-17(6)20-11-9-16(5)10-12-20/h9,14-15,17-20H,10-13H2,1-8H3/t17?,18?,19?,20-/m1/s1. The van der Waals surface area contributed by atoms with Crippen molar-refractivity contribution in [2.75, 3.05) is 0 Å². The number of hydrogen-bond donors (Lipinski definition) is 0. The van der Waals surface area contributed by atoms with Gasteiger partial charge in [0, 0.05) is 0 Å². The molecule has 1 heteroatoms. The van der Waals surface area contributed by atoms with Crippen LogP contribution in [0.15, 0.2) is 11.6 Å². The van der Waals surface area contributed by atoms with E-state index in [1.807, 2.05) is 0 Å². The van der Waals surface area contributed by atoms with E-state index < -0.39 is 0 Å². The van der Waals surface area contributed by atoms with Crippen LogP contribution in [0, 0.1) is 23.7 Å². The summed E-state index contributed by atoms with van der Waals surface area (Å²) < 4.78 is 0. The quantitative estimate of drug-likeness (QED) is 0.351. The summed E-state index contributed by atoms with van der Waals surface area (Å²) in [6.45, 7) is 20.3. The molecule has 0 aromatic heterocycles. The van der Waals surface area contributed by atoms with Crippen molar-refractivity contribution in [2.45, 2.75) is 92.6 Å². The van der Waals surface area contributed by atoms with Crippen molar-refractivity contribution in [3.05, 3.63) is 11.6 Å². The molecule has 0 bridgehead atoms. The zero-order chi connectivity index (χ0) is 16.2. The Hall–Kier alpha value is -0.195. The van der Waals surface area contributed by atoms with Crippen LogP contribution in [0.4, 0.5) is 0 Å². The van der Waals surface area contributed by atoms with Gasteiger partial charge in [-0.05, 0) is 38.0 Å². The number of rotatable bonds is 7. The summed E-state index contributed by atoms with van der Waals surface area (Å²) in [5, 5.41) is 0. The molecule has 0 radical (unpaired) electrons. The summed E-state index contributed by atoms with van der Waals surface area (Å²) in [5.41, 5.74) is 1.61. The Morgan fingerprint density at radius 3 is 1.90 bits per heavy atom. The lowest BCUT2D eigenvalue weighted by atomic mass is 9.28. The third-order valence-electron chi connectivity index (χ3n) is 6.58. The van der Waals surface area contributed by atoms with E-state index in [4.69, 9.17) is 0 Å². The molecule has 1 aliphatic rings. The average molecular weight is 290 g/mol. The van der Waals surface area contributed by atoms with Crippen LogP contribution in [-0.2, 0) is 0 Å². The van der Waals surface area contributed by atoms with Crippen molar-refractivity contribution in [3.63, 3.8) is 0 Å². The van der Waals surface area contributed by atoms with Crippen molar-refractivity contribution in [2.24, 2.45) is 23.7 Å². The second-order valence-corrected chi connectivity index (χ2v) is 8.67. The summed E-state index contributed by atoms with van der Waals surface area (Å²) in [5.74, 6) is 5.09. The van der Waals surface area contributed by atoms with Crippen LogP contribution in [0.5, 0.6) is 0 Å². The minimum absolute atomic E-state index is 0.803. The average Bonchev–Trinajstić information content (AvgIpc) is 2.43. The van der Waals surface area contributed by atoms with Crippen LogP contribution in [0.2, 0.25) is 18.0 Å². The van der Waals surface area contributed by atoms with Gasteiger partial charge in [0.2, 0.25) is 0 Å². The minimum atomic E-state index is 0.803. The van der Waals surface area contributed by atoms with Gasteiger partial charge in [0.1, 0.15) is 6.71 Å². The van der Waals surface area contributed by atoms with Gasteiger partial charge in [0.25, 0.3) is 0 Å². The third-order valence-corrected chi connectivity index (χ3v) is 6.58. The molecular formula is C20H39B. The van der Waals surface area contributed by atoms with E-state index in [1.54, 1.807) is 5.57 Å². The summed E-state index contributed by atoms with van der Waals surface area (Å²) in [6.07, 6.45) is 8.00. The molecular weight excluding hydrogens is 251 g/mol. The van der Waals surface area contributed by atoms with E-state index in [9.17, 15) is 0 Å². The zero-order valence-corrected chi connectivity index (χ0v) is 15.9. The molecule has 0 aliphatic heterocycles. The molecule has 122 valence electrons. The Labute approximate surface area is 135 Å². The van der Waals surface area contributed by atoms with E-state index >= 15 is 0 Å². The highest BCUT2D eigenvalue weighted by atomic mass is 14.2. The first-order valence-electron chi connectivity index (χ1n) is 9.39. The molecule has 0 amide bonds. The van der Waals surface area contributed by atoms with Crippen molar-refractivity contribution in [1.82, 2.24) is 0 Å². The molecule has 3 unspecified atom stereocenters. The van der Waals surface area contributed by atoms with Crippen LogP contribution in [-0.4, -0.2) is 6.71 Å². The summed E-state index contributed by atoms with van der Waals surface area (Å²) in [4.78, 5) is 0. The smallest absolute Gasteiger partial charge is 0.0853 e. The van der Waals surface area contributed by atoms with Gasteiger partial charge < -0.3 is 0 Å². The van der Waals surface area contributed by atoms with Crippen molar-refractivity contribution in [3.8, 4) is 0 Å². The van der Waals surface area contributed by atoms with Gasteiger partial charge in [0.05, 0.1) is 0 Å². The summed E-state index contributed by atoms with van der Waals surface area (Å²) in [6, 6.07) is 0. The third kappa shape index (κ3) is 5.49. The molecule has 0 saturated heterocycles. The Morgan fingerprint density at radius 2 is 1.52 bits per heavy atom. The van der Waals surface area contributed by atoms with E-state index in [0.717, 1.165) is 42.0 Å². The maximum atomic E-state index is 2.52. The fraction of sp³-hybridized carbons (Fsp3) is 0.900. The van der Waals surface area contributed by atoms with Gasteiger partial charge in [-0.1, -0.05) is 89.9 Å². The molecule has 1 aliphatic carbocycles. The lowest BCUT2D eigenvalue weighted by molar-refractivity contribution is 0.345. The van der Waals surface area contributed by atoms with Crippen LogP contribution < -0.4 is 0 Å². The largest absolute Gasteiger partial charge is 0.146 e. The van der Waals surface area contributed by atoms with Gasteiger partial charge in [-0.3, -0.25) is 0 Å². The number of allylic oxidation sites excluding steroid dienone is 2. The topological polar surface area (TPSA) is 0 Å². The van der Waals surface area contributed by atoms with Gasteiger partial charge in [-0.15, -0.1) is 0 Å². The second-order valence-electron chi connectivity index (χ2n) is 8.67. The van der Waals surface area contributed by atoms with Gasteiger partial charge in [-0.25, -0.2) is 0 Å². The van der Waals surface area contributed by atoms with E-state index in [1.165, 1.54) is 25.6 Å². The molecule has 0 heterocycles. The highest BCUT2D eigenvalue weighted by Gasteiger charge is 2.34. The van der Waals surface area contributed by atoms with Crippen molar-refractivity contribution in [1.29, 1.82) is 0 Å². The molecule has 0 aromatic carbocycles. The Morgan fingerprint density at radius 1 is 1.00 bits per heavy atom. The molecule has 0 fully saturated rings. The molecule has 4 atom stereocenters. The first-order valence-corrected chi connectivity index (χ1v) is 9.39. The molecule has 21 heavy (non-hydrogen) atoms. The first kappa shape index (κ1) is 18.9. The van der Waals surface area contributed by atoms with E-state index in [0.29, 0.717) is 0 Å². The molecule has 0 saturated carbocycles. The van der Waals surface area contributed by atoms with Gasteiger partial charge >= 0.3 is 0 Å². The van der Waals surface area contributed by atoms with Crippen molar-refractivity contribution >= 4 is 6.71 Å². The Balaban J connectivity index is 2.71.